The Hall–Kier alpha value is -1.37. The largest absolute Gasteiger partial charge is 0.256 e. The lowest BCUT2D eigenvalue weighted by Gasteiger charge is -2.07. The highest BCUT2D eigenvalue weighted by molar-refractivity contribution is 5.82. The summed E-state index contributed by atoms with van der Waals surface area (Å²) in [4.78, 5) is 4.48. The Morgan fingerprint density at radius 1 is 1.27 bits per heavy atom. The summed E-state index contributed by atoms with van der Waals surface area (Å²) < 4.78 is 0. The van der Waals surface area contributed by atoms with Crippen LogP contribution in [0.5, 0.6) is 0 Å². The number of nitrogens with zero attached hydrogens (tertiary/aromatic N) is 1. The molecule has 1 aromatic carbocycles. The first-order valence-electron chi connectivity index (χ1n) is 5.61. The summed E-state index contributed by atoms with van der Waals surface area (Å²) in [5, 5.41) is 1.26. The molecule has 0 bridgehead atoms. The van der Waals surface area contributed by atoms with Crippen LogP contribution in [0.2, 0.25) is 0 Å². The molecule has 0 spiro atoms. The zero-order chi connectivity index (χ0) is 10.4. The minimum atomic E-state index is 0.788. The maximum atomic E-state index is 4.48. The van der Waals surface area contributed by atoms with E-state index in [9.17, 15) is 0 Å². The standard InChI is InChI=1S/C14H15N/c1-9-8-13(9)12-6-5-11-4-3-7-15-14(11)10(12)2/h3-7,9,13H,8H2,1-2H3. The molecule has 1 nitrogen and oxygen atoms in total. The van der Waals surface area contributed by atoms with E-state index < -0.39 is 0 Å². The summed E-state index contributed by atoms with van der Waals surface area (Å²) in [6, 6.07) is 8.62. The van der Waals surface area contributed by atoms with Crippen LogP contribution in [0.15, 0.2) is 30.5 Å². The van der Waals surface area contributed by atoms with Crippen LogP contribution in [0.25, 0.3) is 10.9 Å². The molecule has 1 saturated carbocycles. The zero-order valence-electron chi connectivity index (χ0n) is 9.20. The third-order valence-corrected chi connectivity index (χ3v) is 3.58. The molecule has 0 radical (unpaired) electrons. The number of benzene rings is 1. The summed E-state index contributed by atoms with van der Waals surface area (Å²) in [6.07, 6.45) is 3.23. The lowest BCUT2D eigenvalue weighted by molar-refractivity contribution is 0.910. The molecule has 0 aliphatic heterocycles. The van der Waals surface area contributed by atoms with Crippen molar-refractivity contribution in [3.8, 4) is 0 Å². The van der Waals surface area contributed by atoms with E-state index in [2.05, 4.69) is 37.0 Å². The summed E-state index contributed by atoms with van der Waals surface area (Å²) in [5.41, 5.74) is 4.06. The predicted molar refractivity (Wildman–Crippen MR) is 63.0 cm³/mol. The molecule has 1 aromatic heterocycles. The van der Waals surface area contributed by atoms with Crippen molar-refractivity contribution in [3.05, 3.63) is 41.6 Å². The van der Waals surface area contributed by atoms with Gasteiger partial charge in [-0.2, -0.15) is 0 Å². The first-order valence-corrected chi connectivity index (χ1v) is 5.61. The number of hydrogen-bond donors (Lipinski definition) is 0. The van der Waals surface area contributed by atoms with Crippen LogP contribution in [0.3, 0.4) is 0 Å². The molecule has 0 amide bonds. The fourth-order valence-corrected chi connectivity index (χ4v) is 2.46. The van der Waals surface area contributed by atoms with Crippen LogP contribution < -0.4 is 0 Å². The fraction of sp³-hybridized carbons (Fsp3) is 0.357. The summed E-state index contributed by atoms with van der Waals surface area (Å²) in [5.74, 6) is 1.65. The van der Waals surface area contributed by atoms with E-state index in [0.717, 1.165) is 11.8 Å². The van der Waals surface area contributed by atoms with Gasteiger partial charge in [0.15, 0.2) is 0 Å². The molecule has 0 N–H and O–H groups in total. The maximum absolute atomic E-state index is 4.48. The van der Waals surface area contributed by atoms with E-state index in [4.69, 9.17) is 0 Å². The molecule has 2 atom stereocenters. The highest BCUT2D eigenvalue weighted by Gasteiger charge is 2.35. The molecule has 1 heterocycles. The van der Waals surface area contributed by atoms with Crippen molar-refractivity contribution < 1.29 is 0 Å². The van der Waals surface area contributed by atoms with Gasteiger partial charge in [0.25, 0.3) is 0 Å². The van der Waals surface area contributed by atoms with Gasteiger partial charge in [0.05, 0.1) is 5.52 Å². The Kier molecular flexibility index (Phi) is 1.82. The van der Waals surface area contributed by atoms with Gasteiger partial charge in [-0.1, -0.05) is 25.1 Å². The van der Waals surface area contributed by atoms with Crippen molar-refractivity contribution in [3.63, 3.8) is 0 Å². The fourth-order valence-electron chi connectivity index (χ4n) is 2.46. The first-order chi connectivity index (χ1) is 7.27. The third kappa shape index (κ3) is 1.34. The number of hydrogen-bond acceptors (Lipinski definition) is 1. The summed E-state index contributed by atoms with van der Waals surface area (Å²) in [6.45, 7) is 4.53. The van der Waals surface area contributed by atoms with Crippen LogP contribution in [-0.2, 0) is 0 Å². The summed E-state index contributed by atoms with van der Waals surface area (Å²) in [7, 11) is 0. The molecule has 3 rings (SSSR count). The topological polar surface area (TPSA) is 12.9 Å². The SMILES string of the molecule is Cc1c(C2CC2C)ccc2cccnc12. The second kappa shape index (κ2) is 3.06. The van der Waals surface area contributed by atoms with Crippen LogP contribution in [0, 0.1) is 12.8 Å². The quantitative estimate of drug-likeness (QED) is 0.679. The van der Waals surface area contributed by atoms with E-state index in [1.165, 1.54) is 28.5 Å². The molecule has 1 aliphatic rings. The van der Waals surface area contributed by atoms with Crippen LogP contribution in [-0.4, -0.2) is 4.98 Å². The van der Waals surface area contributed by atoms with Crippen molar-refractivity contribution in [2.75, 3.05) is 0 Å². The van der Waals surface area contributed by atoms with E-state index >= 15 is 0 Å². The smallest absolute Gasteiger partial charge is 0.0733 e. The first kappa shape index (κ1) is 8.90. The van der Waals surface area contributed by atoms with Gasteiger partial charge >= 0.3 is 0 Å². The molecular formula is C14H15N. The second-order valence-corrected chi connectivity index (χ2v) is 4.67. The average molecular weight is 197 g/mol. The highest BCUT2D eigenvalue weighted by Crippen LogP contribution is 2.48. The van der Waals surface area contributed by atoms with Crippen molar-refractivity contribution in [1.29, 1.82) is 0 Å². The average Bonchev–Trinajstić information content (AvgIpc) is 2.96. The Morgan fingerprint density at radius 3 is 2.80 bits per heavy atom. The molecular weight excluding hydrogens is 182 g/mol. The molecule has 1 heteroatoms. The van der Waals surface area contributed by atoms with Crippen molar-refractivity contribution in [2.24, 2.45) is 5.92 Å². The molecule has 76 valence electrons. The Morgan fingerprint density at radius 2 is 2.07 bits per heavy atom. The van der Waals surface area contributed by atoms with E-state index in [1.807, 2.05) is 12.3 Å². The van der Waals surface area contributed by atoms with Gasteiger partial charge in [-0.25, -0.2) is 0 Å². The lowest BCUT2D eigenvalue weighted by Crippen LogP contribution is -1.90. The molecule has 1 fully saturated rings. The molecule has 2 unspecified atom stereocenters. The number of rotatable bonds is 1. The molecule has 1 aliphatic carbocycles. The van der Waals surface area contributed by atoms with Crippen molar-refractivity contribution >= 4 is 10.9 Å². The van der Waals surface area contributed by atoms with Gasteiger partial charge < -0.3 is 0 Å². The minimum absolute atomic E-state index is 0.788. The lowest BCUT2D eigenvalue weighted by atomic mass is 10.00. The van der Waals surface area contributed by atoms with Gasteiger partial charge in [0.2, 0.25) is 0 Å². The van der Waals surface area contributed by atoms with Gasteiger partial charge in [-0.15, -0.1) is 0 Å². The number of aromatic nitrogens is 1. The molecule has 15 heavy (non-hydrogen) atoms. The second-order valence-electron chi connectivity index (χ2n) is 4.67. The third-order valence-electron chi connectivity index (χ3n) is 3.58. The highest BCUT2D eigenvalue weighted by atomic mass is 14.6. The van der Waals surface area contributed by atoms with Gasteiger partial charge in [0, 0.05) is 11.6 Å². The normalized spacial score (nSPS) is 24.4. The Bertz CT molecular complexity index is 516. The maximum Gasteiger partial charge on any atom is 0.0733 e. The minimum Gasteiger partial charge on any atom is -0.256 e. The number of fused-ring (bicyclic) bond motifs is 1. The van der Waals surface area contributed by atoms with Crippen LogP contribution in [0.4, 0.5) is 0 Å². The predicted octanol–water partition coefficient (Wildman–Crippen LogP) is 3.67. The van der Waals surface area contributed by atoms with E-state index in [0.29, 0.717) is 0 Å². The van der Waals surface area contributed by atoms with Gasteiger partial charge in [-0.05, 0) is 42.4 Å². The number of aryl methyl sites for hydroxylation is 1. The van der Waals surface area contributed by atoms with Crippen LogP contribution in [0.1, 0.15) is 30.4 Å². The van der Waals surface area contributed by atoms with E-state index in [-0.39, 0.29) is 0 Å². The van der Waals surface area contributed by atoms with Crippen molar-refractivity contribution in [2.45, 2.75) is 26.2 Å². The summed E-state index contributed by atoms with van der Waals surface area (Å²) >= 11 is 0. The Labute approximate surface area is 90.2 Å². The van der Waals surface area contributed by atoms with Gasteiger partial charge in [0.1, 0.15) is 0 Å². The van der Waals surface area contributed by atoms with Gasteiger partial charge in [-0.3, -0.25) is 4.98 Å². The zero-order valence-corrected chi connectivity index (χ0v) is 9.20. The number of pyridine rings is 1. The van der Waals surface area contributed by atoms with Crippen molar-refractivity contribution in [1.82, 2.24) is 4.98 Å². The Balaban J connectivity index is 2.21. The molecule has 0 saturated heterocycles. The monoisotopic (exact) mass is 197 g/mol. The van der Waals surface area contributed by atoms with Crippen LogP contribution >= 0.6 is 0 Å². The molecule has 2 aromatic rings. The van der Waals surface area contributed by atoms with E-state index in [1.54, 1.807) is 0 Å².